The number of anilines is 2. The molecule has 1 saturated heterocycles. The molecule has 0 saturated carbocycles. The number of nitrogens with one attached hydrogen (secondary N) is 2. The number of benzene rings is 1. The predicted molar refractivity (Wildman–Crippen MR) is 140 cm³/mol. The number of fused-ring (bicyclic) bond motifs is 1. The third-order valence-corrected chi connectivity index (χ3v) is 6.11. The van der Waals surface area contributed by atoms with E-state index >= 15 is 0 Å². The predicted octanol–water partition coefficient (Wildman–Crippen LogP) is 5.12. The fraction of sp³-hybridized carbons (Fsp3) is 0.231. The monoisotopic (exact) mass is 460 g/mol. The SMILES string of the molecule is C=C(N/C(Cl)=C\C)c1ccc2cnc(NC(=C)c3ccnc(N4CCN(C)CC4)c3)cc2c1. The Labute approximate surface area is 200 Å². The second-order valence-electron chi connectivity index (χ2n) is 8.17. The molecule has 3 aromatic rings. The molecule has 1 aromatic carbocycles. The van der Waals surface area contributed by atoms with Crippen LogP contribution in [0.5, 0.6) is 0 Å². The molecule has 0 spiro atoms. The number of aromatic nitrogens is 2. The first kappa shape index (κ1) is 22.8. The van der Waals surface area contributed by atoms with Crippen molar-refractivity contribution >= 4 is 45.4 Å². The van der Waals surface area contributed by atoms with Crippen molar-refractivity contribution in [3.8, 4) is 0 Å². The Hall–Kier alpha value is -3.35. The maximum Gasteiger partial charge on any atom is 0.130 e. The molecule has 1 aliphatic heterocycles. The molecule has 4 rings (SSSR count). The molecule has 6 nitrogen and oxygen atoms in total. The Kier molecular flexibility index (Phi) is 6.96. The van der Waals surface area contributed by atoms with E-state index in [1.54, 1.807) is 6.08 Å². The average molecular weight is 461 g/mol. The van der Waals surface area contributed by atoms with E-state index in [0.29, 0.717) is 5.16 Å². The van der Waals surface area contributed by atoms with Crippen LogP contribution in [0.25, 0.3) is 22.2 Å². The number of allylic oxidation sites excluding steroid dienone is 1. The van der Waals surface area contributed by atoms with Crippen molar-refractivity contribution in [3.05, 3.63) is 84.3 Å². The number of hydrogen-bond donors (Lipinski definition) is 2. The summed E-state index contributed by atoms with van der Waals surface area (Å²) in [5.74, 6) is 1.71. The van der Waals surface area contributed by atoms with Crippen LogP contribution in [-0.4, -0.2) is 48.1 Å². The number of pyridine rings is 2. The van der Waals surface area contributed by atoms with Crippen LogP contribution in [0.15, 0.2) is 73.2 Å². The van der Waals surface area contributed by atoms with Crippen molar-refractivity contribution in [1.29, 1.82) is 0 Å². The number of rotatable bonds is 7. The minimum Gasteiger partial charge on any atom is -0.354 e. The summed E-state index contributed by atoms with van der Waals surface area (Å²) in [6.07, 6.45) is 5.48. The second-order valence-corrected chi connectivity index (χ2v) is 8.58. The zero-order chi connectivity index (χ0) is 23.4. The van der Waals surface area contributed by atoms with Gasteiger partial charge in [-0.1, -0.05) is 43.0 Å². The smallest absolute Gasteiger partial charge is 0.130 e. The van der Waals surface area contributed by atoms with Crippen LogP contribution in [0.3, 0.4) is 0 Å². The van der Waals surface area contributed by atoms with Gasteiger partial charge in [0.05, 0.1) is 0 Å². The van der Waals surface area contributed by atoms with Gasteiger partial charge in [0.2, 0.25) is 0 Å². The van der Waals surface area contributed by atoms with Gasteiger partial charge in [-0.2, -0.15) is 0 Å². The number of piperazine rings is 1. The number of likely N-dealkylation sites (N-methyl/N-ethyl adjacent to an activating group) is 1. The highest BCUT2D eigenvalue weighted by Crippen LogP contribution is 2.25. The third kappa shape index (κ3) is 5.53. The average Bonchev–Trinajstić information content (AvgIpc) is 2.84. The van der Waals surface area contributed by atoms with Gasteiger partial charge in [0.1, 0.15) is 16.8 Å². The first-order chi connectivity index (χ1) is 15.9. The van der Waals surface area contributed by atoms with Crippen molar-refractivity contribution in [3.63, 3.8) is 0 Å². The fourth-order valence-corrected chi connectivity index (χ4v) is 3.84. The lowest BCUT2D eigenvalue weighted by atomic mass is 10.1. The van der Waals surface area contributed by atoms with Gasteiger partial charge >= 0.3 is 0 Å². The highest BCUT2D eigenvalue weighted by atomic mass is 35.5. The zero-order valence-electron chi connectivity index (χ0n) is 19.1. The van der Waals surface area contributed by atoms with Gasteiger partial charge in [0, 0.05) is 60.9 Å². The van der Waals surface area contributed by atoms with Crippen LogP contribution in [0.2, 0.25) is 0 Å². The van der Waals surface area contributed by atoms with Crippen molar-refractivity contribution in [2.45, 2.75) is 6.92 Å². The molecule has 2 N–H and O–H groups in total. The van der Waals surface area contributed by atoms with Crippen LogP contribution >= 0.6 is 11.6 Å². The van der Waals surface area contributed by atoms with Crippen LogP contribution in [0, 0.1) is 0 Å². The second kappa shape index (κ2) is 10.1. The van der Waals surface area contributed by atoms with Crippen LogP contribution in [-0.2, 0) is 0 Å². The molecule has 2 aromatic heterocycles. The zero-order valence-corrected chi connectivity index (χ0v) is 19.9. The first-order valence-corrected chi connectivity index (χ1v) is 11.3. The lowest BCUT2D eigenvalue weighted by molar-refractivity contribution is 0.312. The standard InChI is InChI=1S/C26H29ClN6/c1-5-24(27)30-18(2)20-6-7-22-17-29-25(15-23(22)14-20)31-19(3)21-8-9-28-26(16-21)33-12-10-32(4)11-13-33/h5-9,14-17,30H,2-3,10-13H2,1,4H3,(H,29,31)/b24-5-. The van der Waals surface area contributed by atoms with Crippen LogP contribution in [0.4, 0.5) is 11.6 Å². The van der Waals surface area contributed by atoms with Gasteiger partial charge < -0.3 is 20.4 Å². The van der Waals surface area contributed by atoms with E-state index in [0.717, 1.165) is 71.1 Å². The van der Waals surface area contributed by atoms with E-state index in [9.17, 15) is 0 Å². The topological polar surface area (TPSA) is 56.3 Å². The van der Waals surface area contributed by atoms with Crippen molar-refractivity contribution in [1.82, 2.24) is 20.2 Å². The van der Waals surface area contributed by atoms with Gasteiger partial charge in [0.15, 0.2) is 0 Å². The summed E-state index contributed by atoms with van der Waals surface area (Å²) >= 11 is 6.09. The van der Waals surface area contributed by atoms with E-state index in [4.69, 9.17) is 11.6 Å². The maximum atomic E-state index is 6.09. The molecule has 0 amide bonds. The normalized spacial score (nSPS) is 14.9. The molecular weight excluding hydrogens is 432 g/mol. The minimum atomic E-state index is 0.543. The van der Waals surface area contributed by atoms with Gasteiger partial charge in [-0.05, 0) is 49.2 Å². The van der Waals surface area contributed by atoms with E-state index in [2.05, 4.69) is 62.7 Å². The quantitative estimate of drug-likeness (QED) is 0.477. The van der Waals surface area contributed by atoms with E-state index in [-0.39, 0.29) is 0 Å². The number of hydrogen-bond acceptors (Lipinski definition) is 6. The number of nitrogens with zero attached hydrogens (tertiary/aromatic N) is 4. The highest BCUT2D eigenvalue weighted by molar-refractivity contribution is 6.29. The Morgan fingerprint density at radius 3 is 2.48 bits per heavy atom. The Bertz CT molecular complexity index is 1210. The van der Waals surface area contributed by atoms with Gasteiger partial charge in [0.25, 0.3) is 0 Å². The Morgan fingerprint density at radius 2 is 1.73 bits per heavy atom. The van der Waals surface area contributed by atoms with Crippen molar-refractivity contribution in [2.75, 3.05) is 43.4 Å². The molecule has 1 fully saturated rings. The molecule has 3 heterocycles. The summed E-state index contributed by atoms with van der Waals surface area (Å²) in [4.78, 5) is 13.8. The lowest BCUT2D eigenvalue weighted by Crippen LogP contribution is -2.44. The molecule has 170 valence electrons. The van der Waals surface area contributed by atoms with Crippen molar-refractivity contribution < 1.29 is 0 Å². The molecular formula is C26H29ClN6. The summed E-state index contributed by atoms with van der Waals surface area (Å²) in [7, 11) is 2.15. The first-order valence-electron chi connectivity index (χ1n) is 11.0. The Balaban J connectivity index is 1.51. The van der Waals surface area contributed by atoms with Crippen molar-refractivity contribution in [2.24, 2.45) is 0 Å². The molecule has 1 aliphatic rings. The molecule has 0 unspecified atom stereocenters. The summed E-state index contributed by atoms with van der Waals surface area (Å²) in [5.41, 5.74) is 3.48. The summed E-state index contributed by atoms with van der Waals surface area (Å²) in [6, 6.07) is 12.2. The third-order valence-electron chi connectivity index (χ3n) is 5.79. The minimum absolute atomic E-state index is 0.543. The largest absolute Gasteiger partial charge is 0.354 e. The Morgan fingerprint density at radius 1 is 0.970 bits per heavy atom. The highest BCUT2D eigenvalue weighted by Gasteiger charge is 2.16. The van der Waals surface area contributed by atoms with Crippen LogP contribution in [0.1, 0.15) is 18.1 Å². The van der Waals surface area contributed by atoms with Gasteiger partial charge in [-0.3, -0.25) is 0 Å². The van der Waals surface area contributed by atoms with E-state index < -0.39 is 0 Å². The van der Waals surface area contributed by atoms with Crippen LogP contribution < -0.4 is 15.5 Å². The maximum absolute atomic E-state index is 6.09. The lowest BCUT2D eigenvalue weighted by Gasteiger charge is -2.33. The van der Waals surface area contributed by atoms with E-state index in [1.165, 1.54) is 0 Å². The number of halogens is 1. The molecule has 0 radical (unpaired) electrons. The molecule has 7 heteroatoms. The molecule has 0 aliphatic carbocycles. The van der Waals surface area contributed by atoms with E-state index in [1.807, 2.05) is 43.6 Å². The molecule has 0 bridgehead atoms. The summed E-state index contributed by atoms with van der Waals surface area (Å²) in [5, 5.41) is 9.07. The summed E-state index contributed by atoms with van der Waals surface area (Å²) < 4.78 is 0. The summed E-state index contributed by atoms with van der Waals surface area (Å²) in [6.45, 7) is 14.2. The fourth-order valence-electron chi connectivity index (χ4n) is 3.73. The molecule has 33 heavy (non-hydrogen) atoms. The van der Waals surface area contributed by atoms with Gasteiger partial charge in [-0.25, -0.2) is 9.97 Å². The van der Waals surface area contributed by atoms with Gasteiger partial charge in [-0.15, -0.1) is 0 Å². The molecule has 0 atom stereocenters.